The van der Waals surface area contributed by atoms with Crippen LogP contribution in [0, 0.1) is 13.8 Å². The van der Waals surface area contributed by atoms with Crippen molar-refractivity contribution < 1.29 is 4.74 Å². The van der Waals surface area contributed by atoms with Crippen molar-refractivity contribution in [2.45, 2.75) is 33.4 Å². The molecule has 0 amide bonds. The van der Waals surface area contributed by atoms with Gasteiger partial charge in [0.1, 0.15) is 0 Å². The van der Waals surface area contributed by atoms with Gasteiger partial charge in [-0.1, -0.05) is 29.8 Å². The molecule has 1 N–H and O–H groups in total. The van der Waals surface area contributed by atoms with Crippen LogP contribution in [0.2, 0.25) is 0 Å². The predicted molar refractivity (Wildman–Crippen MR) is 80.9 cm³/mol. The second kappa shape index (κ2) is 6.09. The number of aromatic nitrogens is 2. The molecule has 0 aliphatic rings. The average molecular weight is 273 g/mol. The molecule has 0 aliphatic heterocycles. The molecule has 108 valence electrons. The number of benzene rings is 1. The molecule has 0 spiro atoms. The third kappa shape index (κ3) is 3.02. The maximum absolute atomic E-state index is 5.41. The molecule has 0 saturated carbocycles. The lowest BCUT2D eigenvalue weighted by molar-refractivity contribution is 0.367. The van der Waals surface area contributed by atoms with Gasteiger partial charge in [0.05, 0.1) is 18.4 Å². The van der Waals surface area contributed by atoms with E-state index in [2.05, 4.69) is 48.5 Å². The first-order chi connectivity index (χ1) is 9.52. The van der Waals surface area contributed by atoms with E-state index in [4.69, 9.17) is 4.74 Å². The molecule has 0 unspecified atom stereocenters. The summed E-state index contributed by atoms with van der Waals surface area (Å²) in [6.07, 6.45) is 0. The molecule has 0 aliphatic carbocycles. The second-order valence-electron chi connectivity index (χ2n) is 5.21. The van der Waals surface area contributed by atoms with Crippen LogP contribution in [0.5, 0.6) is 5.88 Å². The first-order valence-electron chi connectivity index (χ1n) is 6.89. The third-order valence-electron chi connectivity index (χ3n) is 3.64. The van der Waals surface area contributed by atoms with E-state index in [1.54, 1.807) is 11.8 Å². The van der Waals surface area contributed by atoms with Crippen LogP contribution in [0.1, 0.15) is 35.3 Å². The van der Waals surface area contributed by atoms with E-state index in [-0.39, 0.29) is 0 Å². The largest absolute Gasteiger partial charge is 0.481 e. The molecule has 4 heteroatoms. The topological polar surface area (TPSA) is 39.1 Å². The highest BCUT2D eigenvalue weighted by Gasteiger charge is 2.14. The highest BCUT2D eigenvalue weighted by Crippen LogP contribution is 2.22. The summed E-state index contributed by atoms with van der Waals surface area (Å²) >= 11 is 0. The lowest BCUT2D eigenvalue weighted by Gasteiger charge is -2.15. The van der Waals surface area contributed by atoms with Gasteiger partial charge in [0.2, 0.25) is 5.88 Å². The molecule has 4 nitrogen and oxygen atoms in total. The van der Waals surface area contributed by atoms with Crippen LogP contribution < -0.4 is 10.1 Å². The van der Waals surface area contributed by atoms with Crippen LogP contribution in [0.3, 0.4) is 0 Å². The average Bonchev–Trinajstić information content (AvgIpc) is 2.70. The van der Waals surface area contributed by atoms with E-state index >= 15 is 0 Å². The molecule has 1 aromatic carbocycles. The molecule has 1 atom stereocenters. The molecular weight excluding hydrogens is 250 g/mol. The predicted octanol–water partition coefficient (Wildman–Crippen LogP) is 2.90. The summed E-state index contributed by atoms with van der Waals surface area (Å²) < 4.78 is 7.19. The van der Waals surface area contributed by atoms with Crippen molar-refractivity contribution in [2.24, 2.45) is 7.05 Å². The van der Waals surface area contributed by atoms with Gasteiger partial charge in [-0.15, -0.1) is 0 Å². The van der Waals surface area contributed by atoms with Gasteiger partial charge < -0.3 is 10.1 Å². The van der Waals surface area contributed by atoms with Gasteiger partial charge in [-0.2, -0.15) is 5.10 Å². The molecule has 1 aromatic heterocycles. The number of ether oxygens (including phenoxy) is 1. The lowest BCUT2D eigenvalue weighted by atomic mass is 10.1. The number of hydrogen-bond donors (Lipinski definition) is 1. The second-order valence-corrected chi connectivity index (χ2v) is 5.21. The molecule has 1 heterocycles. The number of aryl methyl sites for hydroxylation is 3. The van der Waals surface area contributed by atoms with Crippen molar-refractivity contribution in [1.29, 1.82) is 0 Å². The zero-order valence-corrected chi connectivity index (χ0v) is 12.9. The summed E-state index contributed by atoms with van der Waals surface area (Å²) in [7, 11) is 3.59. The van der Waals surface area contributed by atoms with Gasteiger partial charge in [-0.05, 0) is 26.3 Å². The Morgan fingerprint density at radius 1 is 1.25 bits per heavy atom. The Morgan fingerprint density at radius 3 is 2.50 bits per heavy atom. The molecule has 0 bridgehead atoms. The van der Waals surface area contributed by atoms with E-state index in [0.29, 0.717) is 6.04 Å². The maximum Gasteiger partial charge on any atom is 0.216 e. The standard InChI is InChI=1S/C16H23N3O/c1-11-6-8-14(9-7-11)12(2)17-10-15-13(3)18-19(4)16(15)20-5/h6-9,12,17H,10H2,1-5H3/t12-/m1/s1. The summed E-state index contributed by atoms with van der Waals surface area (Å²) in [5, 5.41) is 7.93. The minimum Gasteiger partial charge on any atom is -0.481 e. The smallest absolute Gasteiger partial charge is 0.216 e. The highest BCUT2D eigenvalue weighted by atomic mass is 16.5. The van der Waals surface area contributed by atoms with E-state index < -0.39 is 0 Å². The Bertz CT molecular complexity index is 572. The summed E-state index contributed by atoms with van der Waals surface area (Å²) in [6, 6.07) is 8.91. The van der Waals surface area contributed by atoms with Crippen LogP contribution in [-0.4, -0.2) is 16.9 Å². The van der Waals surface area contributed by atoms with Crippen LogP contribution >= 0.6 is 0 Å². The Kier molecular flexibility index (Phi) is 4.45. The number of nitrogens with one attached hydrogen (secondary N) is 1. The quantitative estimate of drug-likeness (QED) is 0.910. The van der Waals surface area contributed by atoms with E-state index in [0.717, 1.165) is 23.7 Å². The maximum atomic E-state index is 5.41. The fourth-order valence-electron chi connectivity index (χ4n) is 2.37. The van der Waals surface area contributed by atoms with E-state index in [1.807, 2.05) is 14.0 Å². The Hall–Kier alpha value is -1.81. The monoisotopic (exact) mass is 273 g/mol. The fourth-order valence-corrected chi connectivity index (χ4v) is 2.37. The molecule has 2 rings (SSSR count). The van der Waals surface area contributed by atoms with Gasteiger partial charge in [-0.25, -0.2) is 4.68 Å². The zero-order valence-electron chi connectivity index (χ0n) is 12.9. The van der Waals surface area contributed by atoms with Crippen LogP contribution in [-0.2, 0) is 13.6 Å². The van der Waals surface area contributed by atoms with Crippen molar-refractivity contribution in [3.63, 3.8) is 0 Å². The van der Waals surface area contributed by atoms with Gasteiger partial charge in [-0.3, -0.25) is 0 Å². The molecular formula is C16H23N3O. The SMILES string of the molecule is COc1c(CN[C@H](C)c2ccc(C)cc2)c(C)nn1C. The van der Waals surface area contributed by atoms with Gasteiger partial charge in [0, 0.05) is 19.6 Å². The lowest BCUT2D eigenvalue weighted by Crippen LogP contribution is -2.18. The Balaban J connectivity index is 2.07. The summed E-state index contributed by atoms with van der Waals surface area (Å²) in [6.45, 7) is 7.03. The number of rotatable bonds is 5. The summed E-state index contributed by atoms with van der Waals surface area (Å²) in [4.78, 5) is 0. The summed E-state index contributed by atoms with van der Waals surface area (Å²) in [5.74, 6) is 0.825. The van der Waals surface area contributed by atoms with Crippen LogP contribution in [0.25, 0.3) is 0 Å². The van der Waals surface area contributed by atoms with Crippen molar-refractivity contribution in [3.05, 3.63) is 46.6 Å². The molecule has 0 radical (unpaired) electrons. The van der Waals surface area contributed by atoms with Gasteiger partial charge in [0.15, 0.2) is 0 Å². The van der Waals surface area contributed by atoms with Gasteiger partial charge in [0.25, 0.3) is 0 Å². The van der Waals surface area contributed by atoms with Crippen molar-refractivity contribution in [3.8, 4) is 5.88 Å². The minimum atomic E-state index is 0.292. The molecule has 0 fully saturated rings. The van der Waals surface area contributed by atoms with Crippen LogP contribution in [0.4, 0.5) is 0 Å². The zero-order chi connectivity index (χ0) is 14.7. The molecule has 20 heavy (non-hydrogen) atoms. The first kappa shape index (κ1) is 14.6. The normalized spacial score (nSPS) is 12.4. The highest BCUT2D eigenvalue weighted by molar-refractivity contribution is 5.31. The summed E-state index contributed by atoms with van der Waals surface area (Å²) in [5.41, 5.74) is 4.70. The van der Waals surface area contributed by atoms with E-state index in [1.165, 1.54) is 11.1 Å². The van der Waals surface area contributed by atoms with Crippen molar-refractivity contribution in [1.82, 2.24) is 15.1 Å². The molecule has 0 saturated heterocycles. The Labute approximate surface area is 120 Å². The number of nitrogens with zero attached hydrogens (tertiary/aromatic N) is 2. The van der Waals surface area contributed by atoms with Gasteiger partial charge >= 0.3 is 0 Å². The van der Waals surface area contributed by atoms with Crippen molar-refractivity contribution in [2.75, 3.05) is 7.11 Å². The number of hydrogen-bond acceptors (Lipinski definition) is 3. The van der Waals surface area contributed by atoms with Crippen LogP contribution in [0.15, 0.2) is 24.3 Å². The third-order valence-corrected chi connectivity index (χ3v) is 3.64. The fraction of sp³-hybridized carbons (Fsp3) is 0.438. The first-order valence-corrected chi connectivity index (χ1v) is 6.89. The van der Waals surface area contributed by atoms with Crippen molar-refractivity contribution >= 4 is 0 Å². The van der Waals surface area contributed by atoms with E-state index in [9.17, 15) is 0 Å². The number of methoxy groups -OCH3 is 1. The minimum absolute atomic E-state index is 0.292. The molecule has 2 aromatic rings. The Morgan fingerprint density at radius 2 is 1.90 bits per heavy atom.